The fraction of sp³-hybridized carbons (Fsp3) is 0.562. The Morgan fingerprint density at radius 3 is 2.70 bits per heavy atom. The summed E-state index contributed by atoms with van der Waals surface area (Å²) in [6.45, 7) is 1.96. The normalized spacial score (nSPS) is 22.7. The van der Waals surface area contributed by atoms with Gasteiger partial charge in [0.25, 0.3) is 0 Å². The molecular weight excluding hydrogens is 309 g/mol. The number of nitrogens with one attached hydrogen (secondary N) is 2. The van der Waals surface area contributed by atoms with Crippen LogP contribution in [0, 0.1) is 12.8 Å². The first kappa shape index (κ1) is 17.6. The van der Waals surface area contributed by atoms with Crippen molar-refractivity contribution in [2.75, 3.05) is 6.54 Å². The third kappa shape index (κ3) is 5.13. The molecule has 0 heterocycles. The fourth-order valence-corrected chi connectivity index (χ4v) is 2.86. The molecular formula is C16H21F3N2O2. The number of aryl methyl sites for hydroxylation is 1. The van der Waals surface area contributed by atoms with E-state index in [-0.39, 0.29) is 24.1 Å². The van der Waals surface area contributed by atoms with Crippen LogP contribution in [0.25, 0.3) is 0 Å². The van der Waals surface area contributed by atoms with Crippen molar-refractivity contribution in [2.24, 2.45) is 5.92 Å². The second-order valence-corrected chi connectivity index (χ2v) is 6.08. The second kappa shape index (κ2) is 7.21. The highest BCUT2D eigenvalue weighted by Crippen LogP contribution is 2.33. The monoisotopic (exact) mass is 330 g/mol. The highest BCUT2D eigenvalue weighted by atomic mass is 19.4. The topological polar surface area (TPSA) is 61.4 Å². The maximum absolute atomic E-state index is 13.2. The molecule has 2 rings (SSSR count). The lowest BCUT2D eigenvalue weighted by molar-refractivity contribution is -0.154. The first-order valence-corrected chi connectivity index (χ1v) is 7.61. The summed E-state index contributed by atoms with van der Waals surface area (Å²) >= 11 is 0. The number of hydrogen-bond donors (Lipinski definition) is 3. The molecule has 0 aliphatic heterocycles. The average Bonchev–Trinajstić information content (AvgIpc) is 2.87. The predicted octanol–water partition coefficient (Wildman–Crippen LogP) is 3.06. The van der Waals surface area contributed by atoms with Crippen LogP contribution in [-0.2, 0) is 0 Å². The maximum atomic E-state index is 13.2. The van der Waals surface area contributed by atoms with Crippen LogP contribution in [0.2, 0.25) is 0 Å². The molecule has 7 heteroatoms. The molecule has 23 heavy (non-hydrogen) atoms. The Kier molecular flexibility index (Phi) is 5.51. The summed E-state index contributed by atoms with van der Waals surface area (Å²) in [6.07, 6.45) is -2.94. The van der Waals surface area contributed by atoms with E-state index in [1.165, 1.54) is 18.2 Å². The minimum atomic E-state index is -4.57. The van der Waals surface area contributed by atoms with Gasteiger partial charge in [-0.15, -0.1) is 0 Å². The molecule has 128 valence electrons. The number of carbonyl (C=O) groups is 1. The number of benzene rings is 1. The number of urea groups is 1. The zero-order valence-corrected chi connectivity index (χ0v) is 12.9. The first-order valence-electron chi connectivity index (χ1n) is 7.61. The highest BCUT2D eigenvalue weighted by Gasteiger charge is 2.42. The average molecular weight is 330 g/mol. The van der Waals surface area contributed by atoms with E-state index in [1.54, 1.807) is 13.0 Å². The second-order valence-electron chi connectivity index (χ2n) is 6.08. The largest absolute Gasteiger partial charge is 0.412 e. The summed E-state index contributed by atoms with van der Waals surface area (Å²) in [5.41, 5.74) is 0.697. The van der Waals surface area contributed by atoms with Gasteiger partial charge in [0, 0.05) is 6.54 Å². The zero-order chi connectivity index (χ0) is 17.0. The molecule has 3 N–H and O–H groups in total. The SMILES string of the molecule is Cc1cccc([C@H](NC(=O)NC[C@@H]2CC[C@H](O)C2)C(F)(F)F)c1. The quantitative estimate of drug-likeness (QED) is 0.794. The lowest BCUT2D eigenvalue weighted by atomic mass is 10.0. The number of hydrogen-bond acceptors (Lipinski definition) is 2. The molecule has 2 amide bonds. The highest BCUT2D eigenvalue weighted by molar-refractivity contribution is 5.74. The summed E-state index contributed by atoms with van der Waals surface area (Å²) in [5, 5.41) is 13.9. The van der Waals surface area contributed by atoms with Crippen molar-refractivity contribution in [3.63, 3.8) is 0 Å². The summed E-state index contributed by atoms with van der Waals surface area (Å²) in [4.78, 5) is 11.8. The molecule has 1 aromatic rings. The van der Waals surface area contributed by atoms with Crippen molar-refractivity contribution in [3.8, 4) is 0 Å². The molecule has 1 saturated carbocycles. The number of halogens is 3. The van der Waals surface area contributed by atoms with E-state index >= 15 is 0 Å². The Labute approximate surface area is 133 Å². The van der Waals surface area contributed by atoms with Crippen molar-refractivity contribution in [2.45, 2.75) is 44.5 Å². The van der Waals surface area contributed by atoms with Crippen LogP contribution in [0.5, 0.6) is 0 Å². The van der Waals surface area contributed by atoms with Crippen LogP contribution in [0.1, 0.15) is 36.4 Å². The molecule has 0 bridgehead atoms. The Balaban J connectivity index is 1.96. The lowest BCUT2D eigenvalue weighted by Gasteiger charge is -2.23. The lowest BCUT2D eigenvalue weighted by Crippen LogP contribution is -2.44. The van der Waals surface area contributed by atoms with E-state index in [2.05, 4.69) is 5.32 Å². The maximum Gasteiger partial charge on any atom is 0.412 e. The van der Waals surface area contributed by atoms with Crippen LogP contribution >= 0.6 is 0 Å². The molecule has 3 atom stereocenters. The third-order valence-electron chi connectivity index (χ3n) is 4.04. The predicted molar refractivity (Wildman–Crippen MR) is 79.9 cm³/mol. The van der Waals surface area contributed by atoms with Gasteiger partial charge >= 0.3 is 12.2 Å². The minimum Gasteiger partial charge on any atom is -0.393 e. The van der Waals surface area contributed by atoms with Crippen LogP contribution in [0.3, 0.4) is 0 Å². The molecule has 1 aromatic carbocycles. The van der Waals surface area contributed by atoms with Crippen LogP contribution in [-0.4, -0.2) is 30.0 Å². The standard InChI is InChI=1S/C16H21F3N2O2/c1-10-3-2-4-12(7-10)14(16(17,18)19)21-15(23)20-9-11-5-6-13(22)8-11/h2-4,7,11,13-14,22H,5-6,8-9H2,1H3,(H2,20,21,23)/t11-,13+,14+/m1/s1. The summed E-state index contributed by atoms with van der Waals surface area (Å²) < 4.78 is 39.6. The van der Waals surface area contributed by atoms with Crippen LogP contribution in [0.4, 0.5) is 18.0 Å². The number of carbonyl (C=O) groups excluding carboxylic acids is 1. The zero-order valence-electron chi connectivity index (χ0n) is 12.9. The van der Waals surface area contributed by atoms with Gasteiger partial charge in [0.15, 0.2) is 6.04 Å². The van der Waals surface area contributed by atoms with Crippen molar-refractivity contribution in [1.82, 2.24) is 10.6 Å². The Hall–Kier alpha value is -1.76. The van der Waals surface area contributed by atoms with E-state index in [0.29, 0.717) is 18.4 Å². The molecule has 0 radical (unpaired) electrons. The van der Waals surface area contributed by atoms with Gasteiger partial charge in [0.2, 0.25) is 0 Å². The van der Waals surface area contributed by atoms with Gasteiger partial charge in [-0.2, -0.15) is 13.2 Å². The number of rotatable bonds is 4. The number of amides is 2. The summed E-state index contributed by atoms with van der Waals surface area (Å²) in [5.74, 6) is 0.110. The van der Waals surface area contributed by atoms with Gasteiger partial charge in [-0.3, -0.25) is 0 Å². The molecule has 0 aromatic heterocycles. The smallest absolute Gasteiger partial charge is 0.393 e. The molecule has 1 fully saturated rings. The molecule has 0 unspecified atom stereocenters. The van der Waals surface area contributed by atoms with Crippen molar-refractivity contribution in [1.29, 1.82) is 0 Å². The summed E-state index contributed by atoms with van der Waals surface area (Å²) in [6, 6.07) is 3.09. The Morgan fingerprint density at radius 2 is 2.13 bits per heavy atom. The molecule has 1 aliphatic rings. The van der Waals surface area contributed by atoms with Crippen molar-refractivity contribution in [3.05, 3.63) is 35.4 Å². The van der Waals surface area contributed by atoms with E-state index < -0.39 is 18.2 Å². The molecule has 0 saturated heterocycles. The van der Waals surface area contributed by atoms with E-state index in [1.807, 2.05) is 5.32 Å². The Bertz CT molecular complexity index is 548. The van der Waals surface area contributed by atoms with Crippen molar-refractivity contribution >= 4 is 6.03 Å². The minimum absolute atomic E-state index is 0.00365. The number of aliphatic hydroxyl groups excluding tert-OH is 1. The Morgan fingerprint density at radius 1 is 1.39 bits per heavy atom. The van der Waals surface area contributed by atoms with Gasteiger partial charge in [-0.1, -0.05) is 29.8 Å². The van der Waals surface area contributed by atoms with Gasteiger partial charge < -0.3 is 15.7 Å². The van der Waals surface area contributed by atoms with Gasteiger partial charge in [-0.25, -0.2) is 4.79 Å². The summed E-state index contributed by atoms with van der Waals surface area (Å²) in [7, 11) is 0. The number of alkyl halides is 3. The van der Waals surface area contributed by atoms with Crippen LogP contribution in [0.15, 0.2) is 24.3 Å². The molecule has 1 aliphatic carbocycles. The third-order valence-corrected chi connectivity index (χ3v) is 4.04. The fourth-order valence-electron chi connectivity index (χ4n) is 2.86. The molecule has 4 nitrogen and oxygen atoms in total. The van der Waals surface area contributed by atoms with Gasteiger partial charge in [0.1, 0.15) is 0 Å². The van der Waals surface area contributed by atoms with E-state index in [9.17, 15) is 23.1 Å². The van der Waals surface area contributed by atoms with Gasteiger partial charge in [0.05, 0.1) is 6.10 Å². The van der Waals surface area contributed by atoms with Gasteiger partial charge in [-0.05, 0) is 37.7 Å². The van der Waals surface area contributed by atoms with Crippen molar-refractivity contribution < 1.29 is 23.1 Å². The number of aliphatic hydroxyl groups is 1. The van der Waals surface area contributed by atoms with E-state index in [0.717, 1.165) is 6.42 Å². The molecule has 0 spiro atoms. The van der Waals surface area contributed by atoms with Crippen LogP contribution < -0.4 is 10.6 Å². The van der Waals surface area contributed by atoms with E-state index in [4.69, 9.17) is 0 Å². The first-order chi connectivity index (χ1) is 10.8.